The summed E-state index contributed by atoms with van der Waals surface area (Å²) in [5, 5.41) is 2.75. The van der Waals surface area contributed by atoms with Crippen LogP contribution in [0.5, 0.6) is 0 Å². The molecule has 0 aromatic carbocycles. The lowest BCUT2D eigenvalue weighted by Gasteiger charge is -2.39. The summed E-state index contributed by atoms with van der Waals surface area (Å²) in [7, 11) is 0. The molecule has 2 fully saturated rings. The maximum absolute atomic E-state index is 14.2. The van der Waals surface area contributed by atoms with Gasteiger partial charge in [-0.05, 0) is 65.7 Å². The highest BCUT2D eigenvalue weighted by atomic mass is 16.6. The molecule has 0 aromatic heterocycles. The smallest absolute Gasteiger partial charge is 0.408 e. The first-order valence-corrected chi connectivity index (χ1v) is 15.0. The number of carbonyl (C=O) groups is 5. The number of ether oxygens (including phenoxy) is 2. The lowest BCUT2D eigenvalue weighted by Crippen LogP contribution is -2.58. The van der Waals surface area contributed by atoms with Gasteiger partial charge >= 0.3 is 6.09 Å². The number of nitrogens with one attached hydrogen (secondary N) is 1. The van der Waals surface area contributed by atoms with Crippen molar-refractivity contribution in [3.63, 3.8) is 0 Å². The molecule has 0 aromatic rings. The van der Waals surface area contributed by atoms with Gasteiger partial charge in [0.1, 0.15) is 11.6 Å². The van der Waals surface area contributed by atoms with Gasteiger partial charge < -0.3 is 19.7 Å². The minimum Gasteiger partial charge on any atom is -0.444 e. The molecule has 2 aliphatic heterocycles. The van der Waals surface area contributed by atoms with Gasteiger partial charge in [0.2, 0.25) is 11.7 Å². The van der Waals surface area contributed by atoms with Crippen LogP contribution in [0.25, 0.3) is 0 Å². The molecular formula is C32H52N2O7. The second kappa shape index (κ2) is 13.6. The highest BCUT2D eigenvalue weighted by Crippen LogP contribution is 2.42. The van der Waals surface area contributed by atoms with E-state index in [2.05, 4.69) is 11.9 Å². The van der Waals surface area contributed by atoms with Crippen LogP contribution < -0.4 is 5.32 Å². The molecule has 1 N–H and O–H groups in total. The fourth-order valence-corrected chi connectivity index (χ4v) is 5.83. The van der Waals surface area contributed by atoms with Crippen molar-refractivity contribution in [2.45, 2.75) is 137 Å². The van der Waals surface area contributed by atoms with E-state index in [0.717, 1.165) is 6.42 Å². The van der Waals surface area contributed by atoms with Gasteiger partial charge in [-0.2, -0.15) is 0 Å². The number of ketones is 3. The van der Waals surface area contributed by atoms with E-state index in [1.54, 1.807) is 31.7 Å². The number of hydrogen-bond donors (Lipinski definition) is 1. The fourth-order valence-electron chi connectivity index (χ4n) is 5.83. The summed E-state index contributed by atoms with van der Waals surface area (Å²) in [5.41, 5.74) is -1.84. The number of Topliss-reactive ketones (excluding diaryl/α,β-unsaturated/α-hetero) is 3. The van der Waals surface area contributed by atoms with E-state index in [1.807, 2.05) is 41.5 Å². The van der Waals surface area contributed by atoms with Crippen LogP contribution in [0.3, 0.4) is 0 Å². The SMILES string of the molecule is C=CCCC(=O)C(=O)C(CCC)CC(=O)[C@@H]1C2CCC(C)(C)OC2CN1C(=O)[C@@H](NC(=O)OC(C)(C)C)C(C)(C)C. The molecule has 2 saturated heterocycles. The van der Waals surface area contributed by atoms with Gasteiger partial charge in [0.05, 0.1) is 17.7 Å². The Bertz CT molecular complexity index is 1000. The van der Waals surface area contributed by atoms with E-state index in [-0.39, 0.29) is 37.2 Å². The maximum Gasteiger partial charge on any atom is 0.408 e. The molecule has 0 aliphatic carbocycles. The van der Waals surface area contributed by atoms with Gasteiger partial charge in [-0.15, -0.1) is 6.58 Å². The molecule has 2 heterocycles. The second-order valence-electron chi connectivity index (χ2n) is 14.3. The fraction of sp³-hybridized carbons (Fsp3) is 0.781. The third-order valence-electron chi connectivity index (χ3n) is 7.84. The predicted octanol–water partition coefficient (Wildman–Crippen LogP) is 5.19. The van der Waals surface area contributed by atoms with E-state index in [0.29, 0.717) is 25.7 Å². The van der Waals surface area contributed by atoms with Gasteiger partial charge in [0.15, 0.2) is 11.6 Å². The van der Waals surface area contributed by atoms with Crippen LogP contribution in [0.1, 0.15) is 107 Å². The van der Waals surface area contributed by atoms with Crippen LogP contribution in [0, 0.1) is 17.3 Å². The molecule has 2 aliphatic rings. The lowest BCUT2D eigenvalue weighted by molar-refractivity contribution is -0.144. The maximum atomic E-state index is 14.2. The highest BCUT2D eigenvalue weighted by molar-refractivity contribution is 6.38. The van der Waals surface area contributed by atoms with Crippen LogP contribution in [0.2, 0.25) is 0 Å². The summed E-state index contributed by atoms with van der Waals surface area (Å²) in [6.45, 7) is 20.5. The standard InChI is InChI=1S/C32H52N2O7/c1-11-13-15-22(35)26(37)20(14-12-2)18-23(36)25-21-16-17-32(9,10)40-24(21)19-34(25)28(38)27(30(3,4)5)33-29(39)41-31(6,7)8/h11,20-21,24-25,27H,1,12-19H2,2-10H3,(H,33,39)/t20?,21?,24?,25-,27+/m0/s1. The van der Waals surface area contributed by atoms with Crippen LogP contribution in [0.15, 0.2) is 12.7 Å². The molecular weight excluding hydrogens is 524 g/mol. The molecule has 0 saturated carbocycles. The third-order valence-corrected chi connectivity index (χ3v) is 7.84. The summed E-state index contributed by atoms with van der Waals surface area (Å²) in [6, 6.07) is -1.78. The van der Waals surface area contributed by atoms with Gasteiger partial charge in [0, 0.05) is 31.2 Å². The van der Waals surface area contributed by atoms with Crippen LogP contribution in [0.4, 0.5) is 4.79 Å². The average Bonchev–Trinajstić information content (AvgIpc) is 3.20. The number of carbonyl (C=O) groups excluding carboxylic acids is 5. The third kappa shape index (κ3) is 9.48. The van der Waals surface area contributed by atoms with Crippen LogP contribution in [-0.2, 0) is 28.7 Å². The topological polar surface area (TPSA) is 119 Å². The van der Waals surface area contributed by atoms with Crippen LogP contribution in [-0.4, -0.2) is 70.2 Å². The van der Waals surface area contributed by atoms with E-state index >= 15 is 0 Å². The van der Waals surface area contributed by atoms with Crippen molar-refractivity contribution in [2.75, 3.05) is 6.54 Å². The summed E-state index contributed by atoms with van der Waals surface area (Å²) >= 11 is 0. The first kappa shape index (κ1) is 34.7. The Morgan fingerprint density at radius 2 is 1.76 bits per heavy atom. The number of allylic oxidation sites excluding steroid dienone is 1. The Morgan fingerprint density at radius 3 is 2.29 bits per heavy atom. The van der Waals surface area contributed by atoms with E-state index < -0.39 is 58.2 Å². The van der Waals surface area contributed by atoms with Crippen molar-refractivity contribution in [1.29, 1.82) is 0 Å². The number of likely N-dealkylation sites (tertiary alicyclic amines) is 1. The predicted molar refractivity (Wildman–Crippen MR) is 157 cm³/mol. The van der Waals surface area contributed by atoms with Crippen LogP contribution >= 0.6 is 0 Å². The molecule has 0 radical (unpaired) electrons. The summed E-state index contributed by atoms with van der Waals surface area (Å²) in [5.74, 6) is -2.64. The molecule has 5 atom stereocenters. The number of hydrogen-bond acceptors (Lipinski definition) is 7. The molecule has 3 unspecified atom stereocenters. The minimum absolute atomic E-state index is 0.0714. The highest BCUT2D eigenvalue weighted by Gasteiger charge is 2.54. The van der Waals surface area contributed by atoms with E-state index in [1.165, 1.54) is 0 Å². The first-order valence-electron chi connectivity index (χ1n) is 15.0. The van der Waals surface area contributed by atoms with Crippen molar-refractivity contribution in [1.82, 2.24) is 10.2 Å². The molecule has 2 rings (SSSR count). The molecule has 2 amide bonds. The Hall–Kier alpha value is -2.55. The Balaban J connectivity index is 2.41. The quantitative estimate of drug-likeness (QED) is 0.251. The second-order valence-corrected chi connectivity index (χ2v) is 14.3. The van der Waals surface area contributed by atoms with Gasteiger partial charge in [-0.3, -0.25) is 19.2 Å². The van der Waals surface area contributed by atoms with Crippen molar-refractivity contribution >= 4 is 29.4 Å². The summed E-state index contributed by atoms with van der Waals surface area (Å²) in [4.78, 5) is 68.1. The Labute approximate surface area is 246 Å². The van der Waals surface area contributed by atoms with Gasteiger partial charge in [-0.25, -0.2) is 4.79 Å². The number of nitrogens with zero attached hydrogens (tertiary/aromatic N) is 1. The molecule has 0 spiro atoms. The summed E-state index contributed by atoms with van der Waals surface area (Å²) < 4.78 is 11.8. The molecule has 232 valence electrons. The van der Waals surface area contributed by atoms with Crippen molar-refractivity contribution in [3.05, 3.63) is 12.7 Å². The Kier molecular flexibility index (Phi) is 11.5. The Morgan fingerprint density at radius 1 is 1.12 bits per heavy atom. The number of fused-ring (bicyclic) bond motifs is 1. The number of amides is 2. The average molecular weight is 577 g/mol. The van der Waals surface area contributed by atoms with Crippen molar-refractivity contribution < 1.29 is 33.4 Å². The molecule has 9 heteroatoms. The zero-order valence-corrected chi connectivity index (χ0v) is 26.6. The van der Waals surface area contributed by atoms with E-state index in [9.17, 15) is 24.0 Å². The lowest BCUT2D eigenvalue weighted by atomic mass is 9.80. The minimum atomic E-state index is -0.964. The normalized spacial score (nSPS) is 23.6. The largest absolute Gasteiger partial charge is 0.444 e. The first-order chi connectivity index (χ1) is 18.8. The van der Waals surface area contributed by atoms with Crippen molar-refractivity contribution in [3.8, 4) is 0 Å². The monoisotopic (exact) mass is 576 g/mol. The molecule has 9 nitrogen and oxygen atoms in total. The zero-order chi connectivity index (χ0) is 31.3. The van der Waals surface area contributed by atoms with Gasteiger partial charge in [0.25, 0.3) is 0 Å². The van der Waals surface area contributed by atoms with Crippen molar-refractivity contribution in [2.24, 2.45) is 17.3 Å². The van der Waals surface area contributed by atoms with Gasteiger partial charge in [-0.1, -0.05) is 40.2 Å². The summed E-state index contributed by atoms with van der Waals surface area (Å²) in [6.07, 6.45) is 3.33. The number of rotatable bonds is 12. The molecule has 41 heavy (non-hydrogen) atoms. The number of alkyl carbamates (subject to hydrolysis) is 1. The van der Waals surface area contributed by atoms with E-state index in [4.69, 9.17) is 9.47 Å². The zero-order valence-electron chi connectivity index (χ0n) is 26.6. The molecule has 0 bridgehead atoms.